The first-order valence-electron chi connectivity index (χ1n) is 7.90. The molecule has 0 unspecified atom stereocenters. The number of nitrogens with one attached hydrogen (secondary N) is 1. The Kier molecular flexibility index (Phi) is 4.33. The smallest absolute Gasteiger partial charge is 0.156 e. The highest BCUT2D eigenvalue weighted by atomic mass is 15.2. The van der Waals surface area contributed by atoms with Crippen LogP contribution < -0.4 is 5.32 Å². The molecule has 1 N–H and O–H groups in total. The molecule has 3 nitrogen and oxygen atoms in total. The zero-order valence-electron chi connectivity index (χ0n) is 13.1. The van der Waals surface area contributed by atoms with Gasteiger partial charge < -0.3 is 5.32 Å². The maximum Gasteiger partial charge on any atom is 0.156 e. The van der Waals surface area contributed by atoms with Crippen LogP contribution in [0, 0.1) is 0 Å². The number of nitrogens with zero attached hydrogens (tertiary/aromatic N) is 2. The summed E-state index contributed by atoms with van der Waals surface area (Å²) in [4.78, 5) is 0. The highest BCUT2D eigenvalue weighted by molar-refractivity contribution is 6.00. The molecule has 0 aliphatic heterocycles. The quantitative estimate of drug-likeness (QED) is 0.726. The van der Waals surface area contributed by atoms with Crippen molar-refractivity contribution in [3.8, 4) is 11.3 Å². The highest BCUT2D eigenvalue weighted by Crippen LogP contribution is 2.29. The summed E-state index contributed by atoms with van der Waals surface area (Å²) in [6, 6.07) is 19.0. The summed E-state index contributed by atoms with van der Waals surface area (Å²) in [7, 11) is 0. The van der Waals surface area contributed by atoms with Gasteiger partial charge in [0.1, 0.15) is 5.69 Å². The Morgan fingerprint density at radius 1 is 0.818 bits per heavy atom. The first-order chi connectivity index (χ1) is 10.8. The third-order valence-corrected chi connectivity index (χ3v) is 4.06. The summed E-state index contributed by atoms with van der Waals surface area (Å²) in [5.74, 6) is 0.879. The monoisotopic (exact) mass is 291 g/mol. The summed E-state index contributed by atoms with van der Waals surface area (Å²) in [5, 5.41) is 14.7. The zero-order chi connectivity index (χ0) is 15.4. The number of hydrogen-bond acceptors (Lipinski definition) is 3. The minimum Gasteiger partial charge on any atom is -0.365 e. The predicted octanol–water partition coefficient (Wildman–Crippen LogP) is 4.90. The fourth-order valence-electron chi connectivity index (χ4n) is 2.71. The van der Waals surface area contributed by atoms with Crippen molar-refractivity contribution in [3.05, 3.63) is 54.6 Å². The molecule has 0 amide bonds. The number of anilines is 1. The molecule has 1 heterocycles. The van der Waals surface area contributed by atoms with E-state index in [1.54, 1.807) is 0 Å². The van der Waals surface area contributed by atoms with Crippen LogP contribution in [-0.2, 0) is 0 Å². The topological polar surface area (TPSA) is 37.8 Å². The maximum atomic E-state index is 4.49. The summed E-state index contributed by atoms with van der Waals surface area (Å²) < 4.78 is 0. The lowest BCUT2D eigenvalue weighted by Crippen LogP contribution is -2.18. The Morgan fingerprint density at radius 2 is 1.45 bits per heavy atom. The molecule has 0 atom stereocenters. The zero-order valence-corrected chi connectivity index (χ0v) is 13.1. The van der Waals surface area contributed by atoms with Gasteiger partial charge in [0, 0.05) is 22.4 Å². The summed E-state index contributed by atoms with van der Waals surface area (Å²) in [6.45, 7) is 4.38. The van der Waals surface area contributed by atoms with Crippen molar-refractivity contribution < 1.29 is 0 Å². The standard InChI is InChI=1S/C19H21N3/c1-3-15(4-2)20-19-17-13-9-8-12-16(17)18(21-22-19)14-10-6-5-7-11-14/h5-13,15H,3-4H2,1-2H3,(H,20,22). The molecule has 0 fully saturated rings. The second-order valence-electron chi connectivity index (χ2n) is 5.47. The fourth-order valence-corrected chi connectivity index (χ4v) is 2.71. The van der Waals surface area contributed by atoms with Gasteiger partial charge in [-0.2, -0.15) is 0 Å². The Balaban J connectivity index is 2.11. The van der Waals surface area contributed by atoms with E-state index in [4.69, 9.17) is 0 Å². The van der Waals surface area contributed by atoms with Crippen LogP contribution in [0.4, 0.5) is 5.82 Å². The third-order valence-electron chi connectivity index (χ3n) is 4.06. The van der Waals surface area contributed by atoms with Gasteiger partial charge in [-0.3, -0.25) is 0 Å². The molecule has 3 heteroatoms. The van der Waals surface area contributed by atoms with E-state index in [0.29, 0.717) is 6.04 Å². The van der Waals surface area contributed by atoms with Crippen molar-refractivity contribution in [2.45, 2.75) is 32.7 Å². The summed E-state index contributed by atoms with van der Waals surface area (Å²) >= 11 is 0. The van der Waals surface area contributed by atoms with E-state index in [2.05, 4.69) is 65.8 Å². The third kappa shape index (κ3) is 2.80. The molecule has 22 heavy (non-hydrogen) atoms. The molecule has 0 radical (unpaired) electrons. The van der Waals surface area contributed by atoms with Crippen molar-refractivity contribution in [1.29, 1.82) is 0 Å². The van der Waals surface area contributed by atoms with Crippen molar-refractivity contribution >= 4 is 16.6 Å². The van der Waals surface area contributed by atoms with Crippen LogP contribution in [0.1, 0.15) is 26.7 Å². The molecule has 0 aliphatic carbocycles. The Bertz CT molecular complexity index is 749. The molecule has 0 saturated carbocycles. The first-order valence-corrected chi connectivity index (χ1v) is 7.90. The molecule has 0 bridgehead atoms. The molecule has 2 aromatic carbocycles. The average molecular weight is 291 g/mol. The summed E-state index contributed by atoms with van der Waals surface area (Å²) in [6.07, 6.45) is 2.15. The lowest BCUT2D eigenvalue weighted by Gasteiger charge is -2.17. The van der Waals surface area contributed by atoms with Crippen molar-refractivity contribution in [1.82, 2.24) is 10.2 Å². The van der Waals surface area contributed by atoms with Gasteiger partial charge in [-0.25, -0.2) is 0 Å². The fraction of sp³-hybridized carbons (Fsp3) is 0.263. The normalized spacial score (nSPS) is 11.0. The number of fused-ring (bicyclic) bond motifs is 1. The van der Waals surface area contributed by atoms with E-state index in [0.717, 1.165) is 40.7 Å². The lowest BCUT2D eigenvalue weighted by atomic mass is 10.0. The van der Waals surface area contributed by atoms with Crippen molar-refractivity contribution in [2.75, 3.05) is 5.32 Å². The molecule has 0 spiro atoms. The van der Waals surface area contributed by atoms with Gasteiger partial charge in [-0.05, 0) is 12.8 Å². The van der Waals surface area contributed by atoms with Crippen LogP contribution in [0.3, 0.4) is 0 Å². The van der Waals surface area contributed by atoms with Crippen LogP contribution in [0.25, 0.3) is 22.0 Å². The summed E-state index contributed by atoms with van der Waals surface area (Å²) in [5.41, 5.74) is 2.03. The first kappa shape index (κ1) is 14.5. The van der Waals surface area contributed by atoms with Gasteiger partial charge in [-0.15, -0.1) is 10.2 Å². The Morgan fingerprint density at radius 3 is 2.14 bits per heavy atom. The van der Waals surface area contributed by atoms with E-state index in [1.165, 1.54) is 0 Å². The number of benzene rings is 2. The number of rotatable bonds is 5. The molecular weight excluding hydrogens is 270 g/mol. The largest absolute Gasteiger partial charge is 0.365 e. The van der Waals surface area contributed by atoms with E-state index in [-0.39, 0.29) is 0 Å². The molecule has 0 aliphatic rings. The van der Waals surface area contributed by atoms with Crippen LogP contribution >= 0.6 is 0 Å². The second-order valence-corrected chi connectivity index (χ2v) is 5.47. The number of hydrogen-bond donors (Lipinski definition) is 1. The van der Waals surface area contributed by atoms with Crippen LogP contribution in [0.2, 0.25) is 0 Å². The van der Waals surface area contributed by atoms with Gasteiger partial charge in [0.2, 0.25) is 0 Å². The van der Waals surface area contributed by atoms with Crippen molar-refractivity contribution in [3.63, 3.8) is 0 Å². The maximum absolute atomic E-state index is 4.49. The minimum atomic E-state index is 0.431. The van der Waals surface area contributed by atoms with E-state index < -0.39 is 0 Å². The van der Waals surface area contributed by atoms with Gasteiger partial charge >= 0.3 is 0 Å². The Hall–Kier alpha value is -2.42. The minimum absolute atomic E-state index is 0.431. The van der Waals surface area contributed by atoms with Crippen molar-refractivity contribution in [2.24, 2.45) is 0 Å². The second kappa shape index (κ2) is 6.56. The van der Waals surface area contributed by atoms with Crippen LogP contribution in [0.5, 0.6) is 0 Å². The molecular formula is C19H21N3. The predicted molar refractivity (Wildman–Crippen MR) is 93.0 cm³/mol. The van der Waals surface area contributed by atoms with E-state index in [9.17, 15) is 0 Å². The van der Waals surface area contributed by atoms with Crippen LogP contribution in [0.15, 0.2) is 54.6 Å². The van der Waals surface area contributed by atoms with Gasteiger partial charge in [-0.1, -0.05) is 68.4 Å². The molecule has 1 aromatic heterocycles. The molecule has 112 valence electrons. The van der Waals surface area contributed by atoms with Gasteiger partial charge in [0.15, 0.2) is 5.82 Å². The van der Waals surface area contributed by atoms with Gasteiger partial charge in [0.25, 0.3) is 0 Å². The molecule has 3 rings (SSSR count). The SMILES string of the molecule is CCC(CC)Nc1nnc(-c2ccccc2)c2ccccc12. The lowest BCUT2D eigenvalue weighted by molar-refractivity contribution is 0.668. The van der Waals surface area contributed by atoms with Crippen LogP contribution in [-0.4, -0.2) is 16.2 Å². The molecule has 3 aromatic rings. The van der Waals surface area contributed by atoms with E-state index in [1.807, 2.05) is 18.2 Å². The number of aromatic nitrogens is 2. The molecule has 0 saturated heterocycles. The van der Waals surface area contributed by atoms with Gasteiger partial charge in [0.05, 0.1) is 0 Å². The van der Waals surface area contributed by atoms with E-state index >= 15 is 0 Å². The highest BCUT2D eigenvalue weighted by Gasteiger charge is 2.12. The average Bonchev–Trinajstić information content (AvgIpc) is 2.60. The Labute approximate surface area is 131 Å².